The average molecular weight is 236 g/mol. The fraction of sp³-hybridized carbons (Fsp3) is 0.125. The van der Waals surface area contributed by atoms with E-state index >= 15 is 0 Å². The van der Waals surface area contributed by atoms with Gasteiger partial charge in [-0.25, -0.2) is 0 Å². The third-order valence-corrected chi connectivity index (χ3v) is 2.82. The normalized spacial score (nSPS) is 11.1. The first-order valence-corrected chi connectivity index (χ1v) is 4.82. The van der Waals surface area contributed by atoms with E-state index in [0.29, 0.717) is 5.39 Å². The maximum absolute atomic E-state index is 12.0. The van der Waals surface area contributed by atoms with Gasteiger partial charge in [-0.2, -0.15) is 13.2 Å². The van der Waals surface area contributed by atoms with Crippen molar-refractivity contribution >= 4 is 33.2 Å². The van der Waals surface area contributed by atoms with E-state index in [-0.39, 0.29) is 10.9 Å². The summed E-state index contributed by atoms with van der Waals surface area (Å²) in [5.74, 6) is 0.0660. The smallest absolute Gasteiger partial charge is 0.387 e. The van der Waals surface area contributed by atoms with Crippen molar-refractivity contribution in [2.45, 2.75) is 6.61 Å². The number of hydrogen-bond donors (Lipinski definition) is 0. The van der Waals surface area contributed by atoms with Gasteiger partial charge >= 0.3 is 6.61 Å². The van der Waals surface area contributed by atoms with Crippen LogP contribution in [0.4, 0.5) is 8.78 Å². The van der Waals surface area contributed by atoms with Crippen LogP contribution in [0.25, 0.3) is 10.1 Å². The fourth-order valence-corrected chi connectivity index (χ4v) is 2.17. The molecule has 0 atom stereocenters. The predicted octanol–water partition coefficient (Wildman–Crippen LogP) is 3.55. The molecule has 14 heavy (non-hydrogen) atoms. The molecular weight excluding hydrogens is 232 g/mol. The first-order valence-electron chi connectivity index (χ1n) is 3.67. The lowest BCUT2D eigenvalue weighted by Crippen LogP contribution is -2.01. The van der Waals surface area contributed by atoms with Gasteiger partial charge in [0, 0.05) is 0 Å². The molecule has 0 bridgehead atoms. The summed E-state index contributed by atoms with van der Waals surface area (Å²) in [7, 11) is 0. The Labute approximate surface area is 87.2 Å². The second-order valence-corrected chi connectivity index (χ2v) is 3.64. The molecule has 1 aromatic carbocycles. The van der Waals surface area contributed by atoms with E-state index in [0.717, 1.165) is 16.2 Å². The van der Waals surface area contributed by atoms with E-state index in [9.17, 15) is 8.78 Å². The quantitative estimate of drug-likeness (QED) is 0.794. The SMILES string of the molecule is FC(F)Oc1cccc2snc(Cl)c12. The molecule has 0 saturated heterocycles. The van der Waals surface area contributed by atoms with E-state index < -0.39 is 6.61 Å². The lowest BCUT2D eigenvalue weighted by Gasteiger charge is -2.04. The Morgan fingerprint density at radius 2 is 2.21 bits per heavy atom. The molecule has 0 fully saturated rings. The van der Waals surface area contributed by atoms with Gasteiger partial charge in [0.15, 0.2) is 5.15 Å². The maximum Gasteiger partial charge on any atom is 0.387 e. The molecule has 0 aliphatic carbocycles. The van der Waals surface area contributed by atoms with Crippen molar-refractivity contribution in [3.63, 3.8) is 0 Å². The molecule has 0 amide bonds. The zero-order valence-corrected chi connectivity index (χ0v) is 8.28. The van der Waals surface area contributed by atoms with Crippen LogP contribution in [0.3, 0.4) is 0 Å². The van der Waals surface area contributed by atoms with Crippen LogP contribution in [0.1, 0.15) is 0 Å². The van der Waals surface area contributed by atoms with Crippen LogP contribution in [-0.2, 0) is 0 Å². The largest absolute Gasteiger partial charge is 0.434 e. The van der Waals surface area contributed by atoms with Gasteiger partial charge in [0.25, 0.3) is 0 Å². The second-order valence-electron chi connectivity index (χ2n) is 2.48. The minimum atomic E-state index is -2.85. The van der Waals surface area contributed by atoms with E-state index in [1.165, 1.54) is 6.07 Å². The molecule has 0 saturated carbocycles. The van der Waals surface area contributed by atoms with E-state index in [1.807, 2.05) is 0 Å². The number of aromatic nitrogens is 1. The van der Waals surface area contributed by atoms with Crippen molar-refractivity contribution in [1.82, 2.24) is 4.37 Å². The highest BCUT2D eigenvalue weighted by Gasteiger charge is 2.12. The standard InChI is InChI=1S/C8H4ClF2NOS/c9-7-6-4(13-8(10)11)2-1-3-5(6)14-12-7/h1-3,8H. The molecular formula is C8H4ClF2NOS. The van der Waals surface area contributed by atoms with Crippen LogP contribution in [0.15, 0.2) is 18.2 Å². The summed E-state index contributed by atoms with van der Waals surface area (Å²) < 4.78 is 32.9. The van der Waals surface area contributed by atoms with Gasteiger partial charge in [0.05, 0.1) is 10.1 Å². The van der Waals surface area contributed by atoms with Crippen molar-refractivity contribution in [1.29, 1.82) is 0 Å². The Hall–Kier alpha value is -0.940. The predicted molar refractivity (Wildman–Crippen MR) is 51.3 cm³/mol. The zero-order chi connectivity index (χ0) is 10.1. The molecule has 0 aliphatic rings. The second kappa shape index (κ2) is 3.67. The summed E-state index contributed by atoms with van der Waals surface area (Å²) in [6.07, 6.45) is 0. The third-order valence-electron chi connectivity index (χ3n) is 1.63. The number of ether oxygens (including phenoxy) is 1. The molecule has 0 radical (unpaired) electrons. The minimum Gasteiger partial charge on any atom is -0.434 e. The van der Waals surface area contributed by atoms with Crippen LogP contribution in [0, 0.1) is 0 Å². The number of halogens is 3. The van der Waals surface area contributed by atoms with Crippen molar-refractivity contribution in [2.75, 3.05) is 0 Å². The molecule has 2 rings (SSSR count). The summed E-state index contributed by atoms with van der Waals surface area (Å²) in [5.41, 5.74) is 0. The van der Waals surface area contributed by atoms with Gasteiger partial charge in [-0.1, -0.05) is 17.7 Å². The Bertz CT molecular complexity index is 460. The number of hydrogen-bond acceptors (Lipinski definition) is 3. The first-order chi connectivity index (χ1) is 6.68. The zero-order valence-electron chi connectivity index (χ0n) is 6.71. The van der Waals surface area contributed by atoms with Gasteiger partial charge in [-0.3, -0.25) is 0 Å². The van der Waals surface area contributed by atoms with Crippen LogP contribution >= 0.6 is 23.1 Å². The topological polar surface area (TPSA) is 22.1 Å². The Balaban J connectivity index is 2.57. The fourth-order valence-electron chi connectivity index (χ4n) is 1.12. The van der Waals surface area contributed by atoms with Crippen LogP contribution < -0.4 is 4.74 Å². The third kappa shape index (κ3) is 1.65. The summed E-state index contributed by atoms with van der Waals surface area (Å²) >= 11 is 6.88. The lowest BCUT2D eigenvalue weighted by atomic mass is 10.2. The number of nitrogens with zero attached hydrogens (tertiary/aromatic N) is 1. The highest BCUT2D eigenvalue weighted by molar-refractivity contribution is 7.13. The summed E-state index contributed by atoms with van der Waals surface area (Å²) in [6.45, 7) is -2.85. The van der Waals surface area contributed by atoms with Gasteiger partial charge in [-0.15, -0.1) is 0 Å². The molecule has 6 heteroatoms. The van der Waals surface area contributed by atoms with Crippen molar-refractivity contribution in [3.8, 4) is 5.75 Å². The molecule has 0 unspecified atom stereocenters. The first kappa shape index (κ1) is 9.61. The van der Waals surface area contributed by atoms with Crippen LogP contribution in [0.2, 0.25) is 5.15 Å². The van der Waals surface area contributed by atoms with Gasteiger partial charge < -0.3 is 4.74 Å². The van der Waals surface area contributed by atoms with E-state index in [2.05, 4.69) is 9.11 Å². The highest BCUT2D eigenvalue weighted by atomic mass is 35.5. The molecule has 1 aromatic heterocycles. The Morgan fingerprint density at radius 1 is 1.43 bits per heavy atom. The number of rotatable bonds is 2. The summed E-state index contributed by atoms with van der Waals surface area (Å²) in [4.78, 5) is 0. The van der Waals surface area contributed by atoms with E-state index in [1.54, 1.807) is 12.1 Å². The van der Waals surface area contributed by atoms with E-state index in [4.69, 9.17) is 11.6 Å². The molecule has 0 aliphatic heterocycles. The number of benzene rings is 1. The highest BCUT2D eigenvalue weighted by Crippen LogP contribution is 2.34. The van der Waals surface area contributed by atoms with Crippen molar-refractivity contribution in [3.05, 3.63) is 23.4 Å². The number of alkyl halides is 2. The monoisotopic (exact) mass is 235 g/mol. The molecule has 0 N–H and O–H groups in total. The Morgan fingerprint density at radius 3 is 2.93 bits per heavy atom. The molecule has 2 aromatic rings. The van der Waals surface area contributed by atoms with Crippen molar-refractivity contribution in [2.24, 2.45) is 0 Å². The molecule has 2 nitrogen and oxygen atoms in total. The molecule has 1 heterocycles. The summed E-state index contributed by atoms with van der Waals surface area (Å²) in [5, 5.41) is 0.640. The molecule has 74 valence electrons. The molecule has 0 spiro atoms. The Kier molecular flexibility index (Phi) is 2.52. The minimum absolute atomic E-state index is 0.0660. The van der Waals surface area contributed by atoms with Gasteiger partial charge in [-0.05, 0) is 23.7 Å². The number of fused-ring (bicyclic) bond motifs is 1. The van der Waals surface area contributed by atoms with Crippen molar-refractivity contribution < 1.29 is 13.5 Å². The lowest BCUT2D eigenvalue weighted by molar-refractivity contribution is -0.0487. The van der Waals surface area contributed by atoms with Gasteiger partial charge in [0.1, 0.15) is 5.75 Å². The van der Waals surface area contributed by atoms with Gasteiger partial charge in [0.2, 0.25) is 0 Å². The average Bonchev–Trinajstić information content (AvgIpc) is 2.48. The van der Waals surface area contributed by atoms with Crippen LogP contribution in [0.5, 0.6) is 5.75 Å². The van der Waals surface area contributed by atoms with Crippen LogP contribution in [-0.4, -0.2) is 11.0 Å². The maximum atomic E-state index is 12.0. The summed E-state index contributed by atoms with van der Waals surface area (Å²) in [6, 6.07) is 4.81.